The van der Waals surface area contributed by atoms with Crippen LogP contribution in [0.4, 0.5) is 10.1 Å². The second-order valence-corrected chi connectivity index (χ2v) is 4.58. The number of anilines is 1. The fourth-order valence-corrected chi connectivity index (χ4v) is 2.25. The van der Waals surface area contributed by atoms with Gasteiger partial charge in [-0.05, 0) is 60.9 Å². The number of aryl methyl sites for hydroxylation is 2. The zero-order valence-electron chi connectivity index (χ0n) is 9.72. The van der Waals surface area contributed by atoms with Gasteiger partial charge in [-0.1, -0.05) is 11.6 Å². The van der Waals surface area contributed by atoms with E-state index in [1.807, 2.05) is 19.9 Å². The van der Waals surface area contributed by atoms with E-state index in [1.165, 1.54) is 12.1 Å². The number of nitrogen functional groups attached to an aromatic ring is 1. The normalized spacial score (nSPS) is 10.6. The molecular formula is C14H13ClFN. The van der Waals surface area contributed by atoms with Crippen molar-refractivity contribution in [1.82, 2.24) is 0 Å². The lowest BCUT2D eigenvalue weighted by Crippen LogP contribution is -1.95. The van der Waals surface area contributed by atoms with Crippen LogP contribution in [0.15, 0.2) is 30.3 Å². The highest BCUT2D eigenvalue weighted by atomic mass is 35.5. The third-order valence-corrected chi connectivity index (χ3v) is 3.02. The van der Waals surface area contributed by atoms with Gasteiger partial charge >= 0.3 is 0 Å². The summed E-state index contributed by atoms with van der Waals surface area (Å²) in [5.41, 5.74) is 10.1. The highest BCUT2D eigenvalue weighted by molar-refractivity contribution is 6.31. The van der Waals surface area contributed by atoms with Crippen LogP contribution in [-0.4, -0.2) is 0 Å². The van der Waals surface area contributed by atoms with E-state index in [2.05, 4.69) is 0 Å². The quantitative estimate of drug-likeness (QED) is 0.748. The molecule has 0 aliphatic carbocycles. The van der Waals surface area contributed by atoms with E-state index in [-0.39, 0.29) is 5.82 Å². The van der Waals surface area contributed by atoms with Crippen molar-refractivity contribution >= 4 is 17.3 Å². The number of halogens is 2. The van der Waals surface area contributed by atoms with Gasteiger partial charge in [0, 0.05) is 16.3 Å². The molecular weight excluding hydrogens is 237 g/mol. The van der Waals surface area contributed by atoms with Crippen LogP contribution in [0, 0.1) is 19.7 Å². The fourth-order valence-electron chi connectivity index (χ4n) is 2.08. The van der Waals surface area contributed by atoms with Crippen molar-refractivity contribution in [3.8, 4) is 11.1 Å². The minimum absolute atomic E-state index is 0.232. The molecule has 0 saturated carbocycles. The van der Waals surface area contributed by atoms with E-state index in [0.717, 1.165) is 22.3 Å². The molecule has 0 saturated heterocycles. The van der Waals surface area contributed by atoms with Crippen LogP contribution < -0.4 is 5.73 Å². The van der Waals surface area contributed by atoms with Crippen LogP contribution >= 0.6 is 11.6 Å². The van der Waals surface area contributed by atoms with Crippen LogP contribution in [0.3, 0.4) is 0 Å². The predicted molar refractivity (Wildman–Crippen MR) is 70.7 cm³/mol. The zero-order chi connectivity index (χ0) is 12.6. The maximum atomic E-state index is 13.2. The number of rotatable bonds is 1. The van der Waals surface area contributed by atoms with E-state index in [1.54, 1.807) is 12.1 Å². The molecule has 3 heteroatoms. The van der Waals surface area contributed by atoms with Crippen LogP contribution in [0.1, 0.15) is 11.1 Å². The van der Waals surface area contributed by atoms with E-state index in [4.69, 9.17) is 17.3 Å². The van der Waals surface area contributed by atoms with Gasteiger partial charge in [0.25, 0.3) is 0 Å². The molecule has 2 aromatic rings. The van der Waals surface area contributed by atoms with Crippen LogP contribution in [0.5, 0.6) is 0 Å². The Bertz CT molecular complexity index is 555. The summed E-state index contributed by atoms with van der Waals surface area (Å²) in [5.74, 6) is -0.232. The molecule has 0 heterocycles. The topological polar surface area (TPSA) is 26.0 Å². The van der Waals surface area contributed by atoms with Gasteiger partial charge in [-0.15, -0.1) is 0 Å². The Morgan fingerprint density at radius 1 is 1.06 bits per heavy atom. The molecule has 0 aliphatic heterocycles. The Kier molecular flexibility index (Phi) is 3.07. The molecule has 2 N–H and O–H groups in total. The summed E-state index contributed by atoms with van der Waals surface area (Å²) in [6.45, 7) is 3.73. The number of hydrogen-bond donors (Lipinski definition) is 1. The van der Waals surface area contributed by atoms with Gasteiger partial charge in [0.1, 0.15) is 5.82 Å². The van der Waals surface area contributed by atoms with Gasteiger partial charge in [0.2, 0.25) is 0 Å². The maximum Gasteiger partial charge on any atom is 0.123 e. The smallest absolute Gasteiger partial charge is 0.123 e. The maximum absolute atomic E-state index is 13.2. The minimum Gasteiger partial charge on any atom is -0.398 e. The van der Waals surface area contributed by atoms with Gasteiger partial charge < -0.3 is 5.73 Å². The van der Waals surface area contributed by atoms with Gasteiger partial charge in [0.05, 0.1) is 0 Å². The Morgan fingerprint density at radius 2 is 1.65 bits per heavy atom. The van der Waals surface area contributed by atoms with Crippen molar-refractivity contribution in [1.29, 1.82) is 0 Å². The van der Waals surface area contributed by atoms with Gasteiger partial charge in [-0.3, -0.25) is 0 Å². The summed E-state index contributed by atoms with van der Waals surface area (Å²) < 4.78 is 13.2. The second kappa shape index (κ2) is 4.38. The van der Waals surface area contributed by atoms with Crippen LogP contribution in [0.25, 0.3) is 11.1 Å². The van der Waals surface area contributed by atoms with Crippen LogP contribution in [0.2, 0.25) is 5.02 Å². The molecule has 1 nitrogen and oxygen atoms in total. The monoisotopic (exact) mass is 249 g/mol. The number of hydrogen-bond acceptors (Lipinski definition) is 1. The van der Waals surface area contributed by atoms with E-state index < -0.39 is 0 Å². The highest BCUT2D eigenvalue weighted by Crippen LogP contribution is 2.34. The lowest BCUT2D eigenvalue weighted by Gasteiger charge is -2.13. The molecule has 0 atom stereocenters. The summed E-state index contributed by atoms with van der Waals surface area (Å²) in [6.07, 6.45) is 0. The molecule has 17 heavy (non-hydrogen) atoms. The van der Waals surface area contributed by atoms with Crippen molar-refractivity contribution in [2.24, 2.45) is 0 Å². The van der Waals surface area contributed by atoms with Gasteiger partial charge in [0.15, 0.2) is 0 Å². The second-order valence-electron chi connectivity index (χ2n) is 4.15. The molecule has 2 aromatic carbocycles. The summed E-state index contributed by atoms with van der Waals surface area (Å²) in [7, 11) is 0. The van der Waals surface area contributed by atoms with Gasteiger partial charge in [-0.25, -0.2) is 4.39 Å². The van der Waals surface area contributed by atoms with Gasteiger partial charge in [-0.2, -0.15) is 0 Å². The molecule has 88 valence electrons. The standard InChI is InChI=1S/C14H13ClFN/c1-8-5-11(16)6-9(2)14(8)12-7-10(15)3-4-13(12)17/h3-7H,17H2,1-2H3. The summed E-state index contributed by atoms with van der Waals surface area (Å²) in [6, 6.07) is 8.32. The molecule has 0 unspecified atom stereocenters. The molecule has 0 spiro atoms. The first-order valence-electron chi connectivity index (χ1n) is 5.31. The first-order chi connectivity index (χ1) is 7.99. The Hall–Kier alpha value is -1.54. The minimum atomic E-state index is -0.232. The van der Waals surface area contributed by atoms with E-state index >= 15 is 0 Å². The molecule has 0 fully saturated rings. The molecule has 0 amide bonds. The molecule has 0 radical (unpaired) electrons. The van der Waals surface area contributed by atoms with E-state index in [9.17, 15) is 4.39 Å². The summed E-state index contributed by atoms with van der Waals surface area (Å²) in [5, 5.41) is 0.623. The van der Waals surface area contributed by atoms with Crippen molar-refractivity contribution in [3.63, 3.8) is 0 Å². The molecule has 0 bridgehead atoms. The molecule has 0 aromatic heterocycles. The van der Waals surface area contributed by atoms with E-state index in [0.29, 0.717) is 10.7 Å². The van der Waals surface area contributed by atoms with Crippen LogP contribution in [-0.2, 0) is 0 Å². The predicted octanol–water partition coefficient (Wildman–Crippen LogP) is 4.35. The third kappa shape index (κ3) is 2.27. The highest BCUT2D eigenvalue weighted by Gasteiger charge is 2.11. The Balaban J connectivity index is 2.72. The lowest BCUT2D eigenvalue weighted by atomic mass is 9.94. The number of benzene rings is 2. The van der Waals surface area contributed by atoms with Crippen molar-refractivity contribution in [3.05, 3.63) is 52.3 Å². The molecule has 2 rings (SSSR count). The first-order valence-corrected chi connectivity index (χ1v) is 5.69. The average Bonchev–Trinajstić information content (AvgIpc) is 2.21. The average molecular weight is 250 g/mol. The Morgan fingerprint density at radius 3 is 2.24 bits per heavy atom. The number of nitrogens with two attached hydrogens (primary N) is 1. The fraction of sp³-hybridized carbons (Fsp3) is 0.143. The van der Waals surface area contributed by atoms with Crippen molar-refractivity contribution < 1.29 is 4.39 Å². The third-order valence-electron chi connectivity index (χ3n) is 2.78. The zero-order valence-corrected chi connectivity index (χ0v) is 10.5. The Labute approximate surface area is 105 Å². The largest absolute Gasteiger partial charge is 0.398 e. The van der Waals surface area contributed by atoms with Crippen molar-refractivity contribution in [2.75, 3.05) is 5.73 Å². The summed E-state index contributed by atoms with van der Waals surface area (Å²) >= 11 is 5.97. The summed E-state index contributed by atoms with van der Waals surface area (Å²) in [4.78, 5) is 0. The SMILES string of the molecule is Cc1cc(F)cc(C)c1-c1cc(Cl)ccc1N. The molecule has 0 aliphatic rings. The first kappa shape index (κ1) is 11.9. The van der Waals surface area contributed by atoms with Crippen molar-refractivity contribution in [2.45, 2.75) is 13.8 Å². The lowest BCUT2D eigenvalue weighted by molar-refractivity contribution is 0.625.